The van der Waals surface area contributed by atoms with E-state index in [1.54, 1.807) is 0 Å². The van der Waals surface area contributed by atoms with Crippen molar-refractivity contribution in [2.45, 2.75) is 24.6 Å². The van der Waals surface area contributed by atoms with Gasteiger partial charge in [0, 0.05) is 36.3 Å². The summed E-state index contributed by atoms with van der Waals surface area (Å²) < 4.78 is 66.0. The Hall–Kier alpha value is -1.96. The van der Waals surface area contributed by atoms with Crippen LogP contribution in [0.25, 0.3) is 10.9 Å². The topological polar surface area (TPSA) is 37.0 Å². The van der Waals surface area contributed by atoms with Crippen molar-refractivity contribution in [1.29, 1.82) is 0 Å². The minimum Gasteiger partial charge on any atom is -0.380 e. The molecule has 0 aliphatic carbocycles. The van der Waals surface area contributed by atoms with Crippen LogP contribution in [0.3, 0.4) is 0 Å². The molecule has 2 aromatic rings. The number of halogens is 5. The maximum absolute atomic E-state index is 13.4. The molecule has 1 aromatic heterocycles. The van der Waals surface area contributed by atoms with Gasteiger partial charge in [-0.15, -0.1) is 0 Å². The van der Waals surface area contributed by atoms with Gasteiger partial charge in [0.25, 0.3) is 5.92 Å². The smallest absolute Gasteiger partial charge is 0.380 e. The van der Waals surface area contributed by atoms with Crippen molar-refractivity contribution in [3.05, 3.63) is 36.0 Å². The lowest BCUT2D eigenvalue weighted by molar-refractivity contribution is -0.136. The van der Waals surface area contributed by atoms with Crippen LogP contribution in [0.1, 0.15) is 12.0 Å². The molecule has 0 radical (unpaired) electrons. The highest BCUT2D eigenvalue weighted by Gasteiger charge is 2.37. The molecular weight excluding hydrogens is 317 g/mol. The summed E-state index contributed by atoms with van der Waals surface area (Å²) in [6.45, 7) is -0.0706. The second-order valence-corrected chi connectivity index (χ2v) is 5.59. The molecule has 0 amide bonds. The average molecular weight is 331 g/mol. The van der Waals surface area contributed by atoms with Crippen molar-refractivity contribution in [3.8, 4) is 0 Å². The zero-order valence-electron chi connectivity index (χ0n) is 11.9. The van der Waals surface area contributed by atoms with Gasteiger partial charge in [-0.05, 0) is 24.3 Å². The molecule has 0 bridgehead atoms. The number of anilines is 1. The Morgan fingerprint density at radius 1 is 1.22 bits per heavy atom. The zero-order chi connectivity index (χ0) is 16.7. The number of fused-ring (bicyclic) bond motifs is 1. The van der Waals surface area contributed by atoms with E-state index < -0.39 is 23.7 Å². The zero-order valence-corrected chi connectivity index (χ0v) is 11.9. The van der Waals surface area contributed by atoms with Gasteiger partial charge < -0.3 is 10.6 Å². The van der Waals surface area contributed by atoms with E-state index in [2.05, 4.69) is 15.6 Å². The molecule has 23 heavy (non-hydrogen) atoms. The largest absolute Gasteiger partial charge is 0.418 e. The van der Waals surface area contributed by atoms with Gasteiger partial charge in [-0.2, -0.15) is 13.2 Å². The van der Waals surface area contributed by atoms with E-state index in [4.69, 9.17) is 0 Å². The van der Waals surface area contributed by atoms with E-state index >= 15 is 0 Å². The van der Waals surface area contributed by atoms with Gasteiger partial charge in [-0.1, -0.05) is 0 Å². The second kappa shape index (κ2) is 5.59. The predicted molar refractivity (Wildman–Crippen MR) is 76.6 cm³/mol. The van der Waals surface area contributed by atoms with Gasteiger partial charge in [-0.3, -0.25) is 4.98 Å². The Kier molecular flexibility index (Phi) is 3.87. The molecular formula is C15H14F5N3. The molecule has 1 aliphatic rings. The van der Waals surface area contributed by atoms with Crippen molar-refractivity contribution in [1.82, 2.24) is 10.3 Å². The van der Waals surface area contributed by atoms with Gasteiger partial charge in [0.1, 0.15) is 0 Å². The van der Waals surface area contributed by atoms with E-state index in [0.29, 0.717) is 12.2 Å². The molecule has 0 spiro atoms. The molecule has 1 fully saturated rings. The maximum atomic E-state index is 13.4. The number of alkyl halides is 5. The van der Waals surface area contributed by atoms with E-state index in [-0.39, 0.29) is 23.9 Å². The Bertz CT molecular complexity index is 714. The van der Waals surface area contributed by atoms with Crippen molar-refractivity contribution in [2.24, 2.45) is 0 Å². The Morgan fingerprint density at radius 3 is 2.70 bits per heavy atom. The summed E-state index contributed by atoms with van der Waals surface area (Å²) >= 11 is 0. The first kappa shape index (κ1) is 15.9. The number of nitrogens with one attached hydrogen (secondary N) is 2. The maximum Gasteiger partial charge on any atom is 0.418 e. The number of benzene rings is 1. The average Bonchev–Trinajstić information content (AvgIpc) is 2.45. The molecule has 1 atom stereocenters. The van der Waals surface area contributed by atoms with Crippen LogP contribution in [-0.2, 0) is 6.18 Å². The van der Waals surface area contributed by atoms with Crippen molar-refractivity contribution in [2.75, 3.05) is 18.4 Å². The fourth-order valence-corrected chi connectivity index (χ4v) is 2.78. The Labute approximate surface area is 128 Å². The van der Waals surface area contributed by atoms with Crippen LogP contribution in [0.4, 0.5) is 27.6 Å². The number of pyridine rings is 1. The second-order valence-electron chi connectivity index (χ2n) is 5.59. The molecule has 2 heterocycles. The van der Waals surface area contributed by atoms with Crippen molar-refractivity contribution < 1.29 is 22.0 Å². The monoisotopic (exact) mass is 331 g/mol. The first-order chi connectivity index (χ1) is 10.8. The lowest BCUT2D eigenvalue weighted by Crippen LogP contribution is -2.49. The summed E-state index contributed by atoms with van der Waals surface area (Å²) in [6.07, 6.45) is -3.62. The van der Waals surface area contributed by atoms with E-state index in [1.165, 1.54) is 24.4 Å². The molecule has 3 rings (SSSR count). The van der Waals surface area contributed by atoms with Crippen LogP contribution in [0, 0.1) is 0 Å². The van der Waals surface area contributed by atoms with E-state index in [9.17, 15) is 22.0 Å². The fraction of sp³-hybridized carbons (Fsp3) is 0.400. The summed E-state index contributed by atoms with van der Waals surface area (Å²) in [5.41, 5.74) is -0.670. The third-order valence-electron chi connectivity index (χ3n) is 3.75. The number of piperidine rings is 1. The van der Waals surface area contributed by atoms with Crippen LogP contribution in [0.15, 0.2) is 30.5 Å². The third-order valence-corrected chi connectivity index (χ3v) is 3.75. The van der Waals surface area contributed by atoms with E-state index in [0.717, 1.165) is 6.07 Å². The summed E-state index contributed by atoms with van der Waals surface area (Å²) in [4.78, 5) is 3.81. The van der Waals surface area contributed by atoms with Crippen LogP contribution in [0.2, 0.25) is 0 Å². The molecule has 1 saturated heterocycles. The number of hydrogen-bond donors (Lipinski definition) is 2. The van der Waals surface area contributed by atoms with Gasteiger partial charge in [-0.25, -0.2) is 8.78 Å². The first-order valence-electron chi connectivity index (χ1n) is 7.06. The molecule has 0 saturated carbocycles. The minimum atomic E-state index is -4.52. The van der Waals surface area contributed by atoms with E-state index in [1.807, 2.05) is 0 Å². The molecule has 0 unspecified atom stereocenters. The van der Waals surface area contributed by atoms with Crippen LogP contribution < -0.4 is 10.6 Å². The van der Waals surface area contributed by atoms with Crippen LogP contribution in [-0.4, -0.2) is 30.0 Å². The lowest BCUT2D eigenvalue weighted by Gasteiger charge is -2.31. The molecule has 8 heteroatoms. The summed E-state index contributed by atoms with van der Waals surface area (Å²) in [5, 5.41) is 5.79. The molecule has 124 valence electrons. The SMILES string of the molecule is FC1(F)CNC[C@@H](Nc2ccc(C(F)(F)F)c3ncccc23)C1. The highest BCUT2D eigenvalue weighted by molar-refractivity contribution is 5.93. The summed E-state index contributed by atoms with van der Waals surface area (Å²) in [7, 11) is 0. The summed E-state index contributed by atoms with van der Waals surface area (Å²) in [6, 6.07) is 4.63. The standard InChI is InChI=1S/C15H14F5N3/c16-14(17)6-9(7-21-8-14)23-12-4-3-11(15(18,19)20)13-10(12)2-1-5-22-13/h1-5,9,21,23H,6-8H2/t9-/m0/s1. The normalized spacial score (nSPS) is 21.3. The van der Waals surface area contributed by atoms with Crippen LogP contribution >= 0.6 is 0 Å². The minimum absolute atomic E-state index is 0.194. The van der Waals surface area contributed by atoms with Crippen molar-refractivity contribution in [3.63, 3.8) is 0 Å². The number of rotatable bonds is 2. The third kappa shape index (κ3) is 3.36. The quantitative estimate of drug-likeness (QED) is 0.825. The highest BCUT2D eigenvalue weighted by atomic mass is 19.4. The number of aromatic nitrogens is 1. The Balaban J connectivity index is 1.96. The van der Waals surface area contributed by atoms with Gasteiger partial charge in [0.05, 0.1) is 17.6 Å². The summed E-state index contributed by atoms with van der Waals surface area (Å²) in [5.74, 6) is -2.84. The predicted octanol–water partition coefficient (Wildman–Crippen LogP) is 3.66. The first-order valence-corrected chi connectivity index (χ1v) is 7.06. The molecule has 2 N–H and O–H groups in total. The fourth-order valence-electron chi connectivity index (χ4n) is 2.78. The number of hydrogen-bond acceptors (Lipinski definition) is 3. The molecule has 1 aromatic carbocycles. The molecule has 3 nitrogen and oxygen atoms in total. The Morgan fingerprint density at radius 2 is 2.00 bits per heavy atom. The lowest BCUT2D eigenvalue weighted by atomic mass is 10.0. The van der Waals surface area contributed by atoms with Crippen molar-refractivity contribution >= 4 is 16.6 Å². The number of nitrogens with zero attached hydrogens (tertiary/aromatic N) is 1. The van der Waals surface area contributed by atoms with Gasteiger partial charge in [0.2, 0.25) is 0 Å². The van der Waals surface area contributed by atoms with Gasteiger partial charge in [0.15, 0.2) is 0 Å². The van der Waals surface area contributed by atoms with Crippen LogP contribution in [0.5, 0.6) is 0 Å². The molecule has 1 aliphatic heterocycles. The van der Waals surface area contributed by atoms with Gasteiger partial charge >= 0.3 is 6.18 Å². The highest BCUT2D eigenvalue weighted by Crippen LogP contribution is 2.37.